The van der Waals surface area contributed by atoms with E-state index in [2.05, 4.69) is 20.0 Å². The summed E-state index contributed by atoms with van der Waals surface area (Å²) >= 11 is 0. The number of nitro groups is 1. The number of para-hydroxylation sites is 2. The lowest BCUT2D eigenvalue weighted by Gasteiger charge is -2.15. The molecule has 4 aromatic rings. The Bertz CT molecular complexity index is 1470. The fourth-order valence-electron chi connectivity index (χ4n) is 3.16. The van der Waals surface area contributed by atoms with Crippen LogP contribution in [0.15, 0.2) is 77.7 Å². The minimum atomic E-state index is -4.20. The van der Waals surface area contributed by atoms with E-state index in [1.807, 2.05) is 19.9 Å². The SMILES string of the molecule is CC(C)Oc1cccc(Nc2nc3ccccc3nc2NS(=O)(=O)c2cccc([N+](=O)[O-])c2)c1. The Hall–Kier alpha value is -4.25. The molecule has 4 rings (SSSR count). The van der Waals surface area contributed by atoms with Crippen molar-refractivity contribution in [1.82, 2.24) is 9.97 Å². The van der Waals surface area contributed by atoms with E-state index in [0.717, 1.165) is 6.07 Å². The van der Waals surface area contributed by atoms with Crippen LogP contribution in [0.5, 0.6) is 5.75 Å². The lowest BCUT2D eigenvalue weighted by Crippen LogP contribution is -2.16. The van der Waals surface area contributed by atoms with Gasteiger partial charge in [-0.25, -0.2) is 18.4 Å². The topological polar surface area (TPSA) is 136 Å². The monoisotopic (exact) mass is 479 g/mol. The van der Waals surface area contributed by atoms with Gasteiger partial charge in [-0.3, -0.25) is 14.8 Å². The molecule has 0 atom stereocenters. The number of aromatic nitrogens is 2. The van der Waals surface area contributed by atoms with Gasteiger partial charge in [0.1, 0.15) is 5.75 Å². The van der Waals surface area contributed by atoms with Crippen LogP contribution in [0.1, 0.15) is 13.8 Å². The van der Waals surface area contributed by atoms with Crippen molar-refractivity contribution in [1.29, 1.82) is 0 Å². The highest BCUT2D eigenvalue weighted by molar-refractivity contribution is 7.92. The summed E-state index contributed by atoms with van der Waals surface area (Å²) in [5.41, 5.74) is 1.30. The van der Waals surface area contributed by atoms with E-state index < -0.39 is 14.9 Å². The molecule has 11 heteroatoms. The molecule has 0 bridgehead atoms. The van der Waals surface area contributed by atoms with Gasteiger partial charge in [-0.1, -0.05) is 24.3 Å². The fourth-order valence-corrected chi connectivity index (χ4v) is 4.21. The number of anilines is 3. The zero-order valence-electron chi connectivity index (χ0n) is 18.3. The fraction of sp³-hybridized carbons (Fsp3) is 0.130. The van der Waals surface area contributed by atoms with Gasteiger partial charge in [0.15, 0.2) is 11.6 Å². The molecule has 0 aliphatic rings. The second kappa shape index (κ2) is 9.32. The smallest absolute Gasteiger partial charge is 0.270 e. The van der Waals surface area contributed by atoms with Crippen LogP contribution in [0.4, 0.5) is 23.0 Å². The second-order valence-corrected chi connectivity index (χ2v) is 9.27. The molecule has 0 fully saturated rings. The van der Waals surface area contributed by atoms with Gasteiger partial charge in [-0.05, 0) is 44.2 Å². The first-order chi connectivity index (χ1) is 16.2. The maximum Gasteiger partial charge on any atom is 0.270 e. The number of hydrogen-bond donors (Lipinski definition) is 2. The van der Waals surface area contributed by atoms with Gasteiger partial charge in [0.05, 0.1) is 27.0 Å². The number of non-ortho nitro benzene ring substituents is 1. The van der Waals surface area contributed by atoms with E-state index in [4.69, 9.17) is 4.74 Å². The van der Waals surface area contributed by atoms with Crippen molar-refractivity contribution in [3.05, 3.63) is 82.9 Å². The van der Waals surface area contributed by atoms with Gasteiger partial charge < -0.3 is 10.1 Å². The number of nitro benzene ring substituents is 1. The summed E-state index contributed by atoms with van der Waals surface area (Å²) in [4.78, 5) is 19.1. The summed E-state index contributed by atoms with van der Waals surface area (Å²) in [5.74, 6) is 0.738. The normalized spacial score (nSPS) is 11.4. The zero-order chi connectivity index (χ0) is 24.3. The second-order valence-electron chi connectivity index (χ2n) is 7.59. The standard InChI is InChI=1S/C23H21N5O5S/c1-15(2)33-18-9-5-7-16(13-18)24-22-23(26-21-12-4-3-11-20(21)25-22)27-34(31,32)19-10-6-8-17(14-19)28(29)30/h3-15H,1-2H3,(H,24,25)(H,26,27). The van der Waals surface area contributed by atoms with Crippen LogP contribution in [-0.2, 0) is 10.0 Å². The molecular formula is C23H21N5O5S. The molecule has 34 heavy (non-hydrogen) atoms. The molecule has 0 spiro atoms. The lowest BCUT2D eigenvalue weighted by molar-refractivity contribution is -0.385. The van der Waals surface area contributed by atoms with Gasteiger partial charge in [0.25, 0.3) is 15.7 Å². The number of rotatable bonds is 8. The highest BCUT2D eigenvalue weighted by atomic mass is 32.2. The Morgan fingerprint density at radius 2 is 1.59 bits per heavy atom. The van der Waals surface area contributed by atoms with Crippen molar-refractivity contribution in [2.45, 2.75) is 24.8 Å². The first-order valence-electron chi connectivity index (χ1n) is 10.3. The molecule has 174 valence electrons. The predicted molar refractivity (Wildman–Crippen MR) is 129 cm³/mol. The van der Waals surface area contributed by atoms with Crippen molar-refractivity contribution in [2.75, 3.05) is 10.0 Å². The van der Waals surface area contributed by atoms with Crippen molar-refractivity contribution in [3.8, 4) is 5.75 Å². The molecular weight excluding hydrogens is 458 g/mol. The van der Waals surface area contributed by atoms with E-state index in [-0.39, 0.29) is 28.3 Å². The van der Waals surface area contributed by atoms with Crippen LogP contribution in [0.25, 0.3) is 11.0 Å². The molecule has 0 amide bonds. The molecule has 0 unspecified atom stereocenters. The van der Waals surface area contributed by atoms with Crippen LogP contribution in [0, 0.1) is 10.1 Å². The van der Waals surface area contributed by atoms with Crippen LogP contribution in [0.2, 0.25) is 0 Å². The Kier molecular flexibility index (Phi) is 6.28. The van der Waals surface area contributed by atoms with Crippen LogP contribution in [0.3, 0.4) is 0 Å². The van der Waals surface area contributed by atoms with E-state index in [0.29, 0.717) is 22.5 Å². The zero-order valence-corrected chi connectivity index (χ0v) is 19.1. The first kappa shape index (κ1) is 22.9. The number of nitrogens with one attached hydrogen (secondary N) is 2. The maximum absolute atomic E-state index is 13.0. The molecule has 3 aromatic carbocycles. The van der Waals surface area contributed by atoms with Gasteiger partial charge in [-0.15, -0.1) is 0 Å². The average Bonchev–Trinajstić information content (AvgIpc) is 2.79. The Morgan fingerprint density at radius 1 is 0.912 bits per heavy atom. The number of fused-ring (bicyclic) bond motifs is 1. The Morgan fingerprint density at radius 3 is 2.26 bits per heavy atom. The minimum Gasteiger partial charge on any atom is -0.491 e. The maximum atomic E-state index is 13.0. The average molecular weight is 480 g/mol. The molecule has 1 aromatic heterocycles. The van der Waals surface area contributed by atoms with Crippen LogP contribution >= 0.6 is 0 Å². The van der Waals surface area contributed by atoms with Crippen LogP contribution < -0.4 is 14.8 Å². The highest BCUT2D eigenvalue weighted by Gasteiger charge is 2.21. The molecule has 0 aliphatic heterocycles. The molecule has 10 nitrogen and oxygen atoms in total. The number of nitrogens with zero attached hydrogens (tertiary/aromatic N) is 3. The Balaban J connectivity index is 1.74. The number of sulfonamides is 1. The van der Waals surface area contributed by atoms with Gasteiger partial charge in [0.2, 0.25) is 0 Å². The quantitative estimate of drug-likeness (QED) is 0.270. The van der Waals surface area contributed by atoms with E-state index in [1.165, 1.54) is 18.2 Å². The van der Waals surface area contributed by atoms with Crippen molar-refractivity contribution in [3.63, 3.8) is 0 Å². The number of benzene rings is 3. The molecule has 2 N–H and O–H groups in total. The summed E-state index contributed by atoms with van der Waals surface area (Å²) in [6.45, 7) is 3.82. The summed E-state index contributed by atoms with van der Waals surface area (Å²) in [6, 6.07) is 18.9. The van der Waals surface area contributed by atoms with Crippen molar-refractivity contribution in [2.24, 2.45) is 0 Å². The highest BCUT2D eigenvalue weighted by Crippen LogP contribution is 2.29. The van der Waals surface area contributed by atoms with E-state index in [1.54, 1.807) is 42.5 Å². The lowest BCUT2D eigenvalue weighted by atomic mass is 10.3. The summed E-state index contributed by atoms with van der Waals surface area (Å²) in [7, 11) is -4.20. The molecule has 0 saturated carbocycles. The molecule has 0 saturated heterocycles. The van der Waals surface area contributed by atoms with Gasteiger partial charge in [0, 0.05) is 23.9 Å². The first-order valence-corrected chi connectivity index (χ1v) is 11.8. The summed E-state index contributed by atoms with van der Waals surface area (Å²) in [6.07, 6.45) is -0.0204. The molecule has 1 heterocycles. The third-order valence-electron chi connectivity index (χ3n) is 4.61. The third-order valence-corrected chi connectivity index (χ3v) is 5.95. The van der Waals surface area contributed by atoms with E-state index >= 15 is 0 Å². The van der Waals surface area contributed by atoms with Crippen LogP contribution in [-0.4, -0.2) is 29.4 Å². The number of hydrogen-bond acceptors (Lipinski definition) is 8. The summed E-state index contributed by atoms with van der Waals surface area (Å²) < 4.78 is 34.2. The third kappa shape index (κ3) is 5.21. The number of ether oxygens (including phenoxy) is 1. The molecule has 0 aliphatic carbocycles. The largest absolute Gasteiger partial charge is 0.491 e. The Labute approximate surface area is 195 Å². The van der Waals surface area contributed by atoms with Gasteiger partial charge >= 0.3 is 0 Å². The van der Waals surface area contributed by atoms with E-state index in [9.17, 15) is 18.5 Å². The van der Waals surface area contributed by atoms with Gasteiger partial charge in [-0.2, -0.15) is 0 Å². The minimum absolute atomic E-state index is 0.0204. The van der Waals surface area contributed by atoms with Crippen molar-refractivity contribution >= 4 is 44.1 Å². The summed E-state index contributed by atoms with van der Waals surface area (Å²) in [5, 5.41) is 14.2. The predicted octanol–water partition coefficient (Wildman–Crippen LogP) is 4.87. The molecule has 0 radical (unpaired) electrons. The van der Waals surface area contributed by atoms with Crippen molar-refractivity contribution < 1.29 is 18.1 Å².